The summed E-state index contributed by atoms with van der Waals surface area (Å²) in [5.74, 6) is -1.40. The summed E-state index contributed by atoms with van der Waals surface area (Å²) in [6.45, 7) is 1.52. The standard InChI is InChI=1S/C31H32ClN3O8S/c1-2-41-28(37)31-21-34(44(39,40)26-11-9-23-16-25(32)10-8-24(23)17-26)18-27(36)35(31)20-30(43-31)12-14-33(15-13-30)29(38)42-19-22-6-4-3-5-7-22/h3-11,16-17H,2,12-15,18-21H2,1H3. The van der Waals surface area contributed by atoms with Gasteiger partial charge in [0.05, 0.1) is 36.7 Å². The number of ether oxygens (including phenoxy) is 3. The van der Waals surface area contributed by atoms with Crippen LogP contribution in [0.25, 0.3) is 10.8 Å². The quantitative estimate of drug-likeness (QED) is 0.373. The van der Waals surface area contributed by atoms with Gasteiger partial charge in [-0.25, -0.2) is 18.0 Å². The van der Waals surface area contributed by atoms with Gasteiger partial charge in [-0.05, 0) is 60.4 Å². The van der Waals surface area contributed by atoms with Crippen molar-refractivity contribution in [3.63, 3.8) is 0 Å². The molecule has 3 aromatic rings. The van der Waals surface area contributed by atoms with Crippen molar-refractivity contribution in [2.75, 3.05) is 39.3 Å². The normalized spacial score (nSPS) is 21.8. The summed E-state index contributed by atoms with van der Waals surface area (Å²) in [6.07, 6.45) is 0.169. The summed E-state index contributed by atoms with van der Waals surface area (Å²) in [7, 11) is -4.22. The molecule has 232 valence electrons. The lowest BCUT2D eigenvalue weighted by Gasteiger charge is -2.42. The van der Waals surface area contributed by atoms with Crippen molar-refractivity contribution in [2.24, 2.45) is 0 Å². The molecule has 2 amide bonds. The van der Waals surface area contributed by atoms with Gasteiger partial charge >= 0.3 is 12.1 Å². The molecule has 1 unspecified atom stereocenters. The van der Waals surface area contributed by atoms with Gasteiger partial charge in [-0.2, -0.15) is 4.31 Å². The third kappa shape index (κ3) is 5.51. The predicted molar refractivity (Wildman–Crippen MR) is 160 cm³/mol. The van der Waals surface area contributed by atoms with Crippen LogP contribution in [0, 0.1) is 0 Å². The van der Waals surface area contributed by atoms with Gasteiger partial charge in [0.25, 0.3) is 5.72 Å². The molecule has 0 saturated carbocycles. The van der Waals surface area contributed by atoms with E-state index in [4.69, 9.17) is 25.8 Å². The van der Waals surface area contributed by atoms with Crippen molar-refractivity contribution in [3.05, 3.63) is 77.3 Å². The van der Waals surface area contributed by atoms with E-state index in [1.165, 1.54) is 17.0 Å². The predicted octanol–water partition coefficient (Wildman–Crippen LogP) is 3.79. The average molecular weight is 642 g/mol. The van der Waals surface area contributed by atoms with Crippen molar-refractivity contribution in [2.45, 2.75) is 42.6 Å². The Labute approximate surface area is 260 Å². The first kappa shape index (κ1) is 30.3. The van der Waals surface area contributed by atoms with Gasteiger partial charge in [-0.15, -0.1) is 0 Å². The second-order valence-electron chi connectivity index (χ2n) is 11.2. The lowest BCUT2D eigenvalue weighted by Crippen LogP contribution is -2.67. The van der Waals surface area contributed by atoms with Crippen LogP contribution in [-0.2, 0) is 40.4 Å². The minimum Gasteiger partial charge on any atom is -0.462 e. The molecule has 44 heavy (non-hydrogen) atoms. The van der Waals surface area contributed by atoms with Gasteiger partial charge < -0.3 is 19.1 Å². The maximum atomic E-state index is 13.9. The van der Waals surface area contributed by atoms with Crippen molar-refractivity contribution in [1.82, 2.24) is 14.1 Å². The topological polar surface area (TPSA) is 123 Å². The number of benzene rings is 3. The van der Waals surface area contributed by atoms with Crippen LogP contribution in [-0.4, -0.2) is 91.1 Å². The molecule has 3 aliphatic heterocycles. The van der Waals surface area contributed by atoms with Crippen LogP contribution in [0.2, 0.25) is 5.02 Å². The van der Waals surface area contributed by atoms with E-state index in [0.29, 0.717) is 23.3 Å². The number of fused-ring (bicyclic) bond motifs is 2. The number of sulfonamides is 1. The van der Waals surface area contributed by atoms with Gasteiger partial charge in [0.1, 0.15) is 6.61 Å². The molecule has 1 atom stereocenters. The number of amides is 2. The monoisotopic (exact) mass is 641 g/mol. The zero-order valence-corrected chi connectivity index (χ0v) is 25.7. The van der Waals surface area contributed by atoms with Crippen LogP contribution in [0.3, 0.4) is 0 Å². The molecule has 3 aromatic carbocycles. The van der Waals surface area contributed by atoms with E-state index in [0.717, 1.165) is 15.3 Å². The molecule has 6 rings (SSSR count). The van der Waals surface area contributed by atoms with E-state index >= 15 is 0 Å². The number of hydrogen-bond acceptors (Lipinski definition) is 8. The molecule has 11 nitrogen and oxygen atoms in total. The highest BCUT2D eigenvalue weighted by Crippen LogP contribution is 2.44. The Balaban J connectivity index is 1.22. The second-order valence-corrected chi connectivity index (χ2v) is 13.6. The zero-order chi connectivity index (χ0) is 31.1. The number of nitrogens with zero attached hydrogens (tertiary/aromatic N) is 3. The molecule has 3 heterocycles. The van der Waals surface area contributed by atoms with Gasteiger partial charge in [-0.1, -0.05) is 54.1 Å². The Morgan fingerprint density at radius 3 is 2.39 bits per heavy atom. The molecule has 3 saturated heterocycles. The molecule has 0 N–H and O–H groups in total. The van der Waals surface area contributed by atoms with Gasteiger partial charge in [0.15, 0.2) is 0 Å². The lowest BCUT2D eigenvalue weighted by atomic mass is 9.91. The van der Waals surface area contributed by atoms with Crippen molar-refractivity contribution in [3.8, 4) is 0 Å². The smallest absolute Gasteiger partial charge is 0.410 e. The highest BCUT2D eigenvalue weighted by molar-refractivity contribution is 7.89. The third-order valence-corrected chi connectivity index (χ3v) is 10.4. The minimum atomic E-state index is -4.22. The number of carbonyl (C=O) groups is 3. The zero-order valence-electron chi connectivity index (χ0n) is 24.1. The number of carbonyl (C=O) groups excluding carboxylic acids is 3. The van der Waals surface area contributed by atoms with Crippen LogP contribution in [0.4, 0.5) is 4.79 Å². The lowest BCUT2D eigenvalue weighted by molar-refractivity contribution is -0.208. The molecule has 0 aliphatic carbocycles. The third-order valence-electron chi connectivity index (χ3n) is 8.41. The number of rotatable bonds is 6. The van der Waals surface area contributed by atoms with Gasteiger partial charge in [0.2, 0.25) is 15.9 Å². The van der Waals surface area contributed by atoms with Crippen molar-refractivity contribution in [1.29, 1.82) is 0 Å². The first-order chi connectivity index (χ1) is 21.0. The molecule has 13 heteroatoms. The van der Waals surface area contributed by atoms with E-state index < -0.39 is 52.4 Å². The van der Waals surface area contributed by atoms with Crippen LogP contribution in [0.15, 0.2) is 71.6 Å². The van der Waals surface area contributed by atoms with Gasteiger partial charge in [0, 0.05) is 18.1 Å². The first-order valence-corrected chi connectivity index (χ1v) is 16.2. The molecule has 1 spiro atoms. The number of piperidine rings is 1. The number of likely N-dealkylation sites (tertiary alicyclic amines) is 1. The van der Waals surface area contributed by atoms with Crippen LogP contribution in [0.5, 0.6) is 0 Å². The molecular formula is C31H32ClN3O8S. The maximum Gasteiger partial charge on any atom is 0.410 e. The molecule has 0 aromatic heterocycles. The Morgan fingerprint density at radius 1 is 0.955 bits per heavy atom. The fraction of sp³-hybridized carbons (Fsp3) is 0.387. The molecule has 0 radical (unpaired) electrons. The fourth-order valence-corrected chi connectivity index (χ4v) is 7.72. The molecule has 3 aliphatic rings. The Morgan fingerprint density at radius 2 is 1.66 bits per heavy atom. The van der Waals surface area contributed by atoms with E-state index in [9.17, 15) is 22.8 Å². The summed E-state index contributed by atoms with van der Waals surface area (Å²) >= 11 is 6.08. The molecule has 3 fully saturated rings. The number of halogens is 1. The Bertz CT molecular complexity index is 1710. The summed E-state index contributed by atoms with van der Waals surface area (Å²) in [4.78, 5) is 42.7. The van der Waals surface area contributed by atoms with Crippen LogP contribution in [0.1, 0.15) is 25.3 Å². The fourth-order valence-electron chi connectivity index (χ4n) is 6.10. The highest BCUT2D eigenvalue weighted by Gasteiger charge is 2.65. The second kappa shape index (κ2) is 11.7. The van der Waals surface area contributed by atoms with Crippen molar-refractivity contribution < 1.29 is 37.0 Å². The summed E-state index contributed by atoms with van der Waals surface area (Å²) in [6, 6.07) is 19.1. The minimum absolute atomic E-state index is 0.0139. The van der Waals surface area contributed by atoms with E-state index in [1.807, 2.05) is 30.3 Å². The SMILES string of the molecule is CCOC(=O)C12CN(S(=O)(=O)c3ccc4cc(Cl)ccc4c3)CC(=O)N1CC1(CCN(C(=O)OCc3ccccc3)CC1)O2. The number of piperazine rings is 1. The number of esters is 1. The van der Waals surface area contributed by atoms with Gasteiger partial charge in [-0.3, -0.25) is 9.69 Å². The van der Waals surface area contributed by atoms with E-state index in [1.54, 1.807) is 36.1 Å². The van der Waals surface area contributed by atoms with Crippen LogP contribution >= 0.6 is 11.6 Å². The maximum absolute atomic E-state index is 13.9. The Hall–Kier alpha value is -3.71. The summed E-state index contributed by atoms with van der Waals surface area (Å²) in [5.41, 5.74) is -2.06. The van der Waals surface area contributed by atoms with Crippen molar-refractivity contribution >= 4 is 50.4 Å². The van der Waals surface area contributed by atoms with Crippen LogP contribution < -0.4 is 0 Å². The van der Waals surface area contributed by atoms with E-state index in [2.05, 4.69) is 0 Å². The van der Waals surface area contributed by atoms with E-state index in [-0.39, 0.29) is 37.7 Å². The summed E-state index contributed by atoms with van der Waals surface area (Å²) in [5, 5.41) is 1.94. The molecule has 0 bridgehead atoms. The largest absolute Gasteiger partial charge is 0.462 e. The molecular weight excluding hydrogens is 610 g/mol. The first-order valence-electron chi connectivity index (χ1n) is 14.4. The number of hydrogen-bond donors (Lipinski definition) is 0. The average Bonchev–Trinajstić information content (AvgIpc) is 3.36. The Kier molecular flexibility index (Phi) is 8.03. The summed E-state index contributed by atoms with van der Waals surface area (Å²) < 4.78 is 46.1. The highest BCUT2D eigenvalue weighted by atomic mass is 35.5.